The second-order valence-electron chi connectivity index (χ2n) is 3.70. The van der Waals surface area contributed by atoms with E-state index in [-0.39, 0.29) is 17.4 Å². The topological polar surface area (TPSA) is 47.6 Å². The summed E-state index contributed by atoms with van der Waals surface area (Å²) in [5.41, 5.74) is 0. The van der Waals surface area contributed by atoms with Crippen molar-refractivity contribution in [1.82, 2.24) is 5.32 Å². The summed E-state index contributed by atoms with van der Waals surface area (Å²) >= 11 is 5.87. The molecule has 88 valence electrons. The minimum atomic E-state index is -0.163. The molecule has 0 spiro atoms. The van der Waals surface area contributed by atoms with Crippen LogP contribution >= 0.6 is 11.6 Å². The lowest BCUT2D eigenvalue weighted by Crippen LogP contribution is -2.33. The highest BCUT2D eigenvalue weighted by atomic mass is 35.5. The molecule has 0 bridgehead atoms. The Morgan fingerprint density at radius 3 is 3.13 bits per heavy atom. The number of hydrogen-bond acceptors (Lipinski definition) is 3. The second kappa shape index (κ2) is 7.04. The summed E-state index contributed by atoms with van der Waals surface area (Å²) in [4.78, 5) is 11.4. The lowest BCUT2D eigenvalue weighted by molar-refractivity contribution is -0.123. The Kier molecular flexibility index (Phi) is 5.98. The number of ether oxygens (including phenoxy) is 2. The van der Waals surface area contributed by atoms with Crippen molar-refractivity contribution in [3.63, 3.8) is 0 Å². The van der Waals surface area contributed by atoms with E-state index in [0.29, 0.717) is 19.6 Å². The van der Waals surface area contributed by atoms with Crippen LogP contribution in [0, 0.1) is 0 Å². The van der Waals surface area contributed by atoms with Crippen LogP contribution < -0.4 is 5.32 Å². The fourth-order valence-electron chi connectivity index (χ4n) is 1.55. The van der Waals surface area contributed by atoms with Crippen molar-refractivity contribution in [2.45, 2.75) is 30.7 Å². The quantitative estimate of drug-likeness (QED) is 0.697. The number of hydrogen-bond donors (Lipinski definition) is 1. The Hall–Kier alpha value is -0.320. The fraction of sp³-hybridized carbons (Fsp3) is 0.900. The molecule has 4 nitrogen and oxygen atoms in total. The molecule has 0 aliphatic carbocycles. The standard InChI is InChI=1S/C10H18ClNO3/c1-14-7-8(11)6-12-10(13)5-9-3-2-4-15-9/h8-9H,2-7H2,1H3,(H,12,13). The third-order valence-corrected chi connectivity index (χ3v) is 2.59. The molecule has 2 atom stereocenters. The van der Waals surface area contributed by atoms with Gasteiger partial charge in [-0.05, 0) is 12.8 Å². The van der Waals surface area contributed by atoms with Gasteiger partial charge in [-0.25, -0.2) is 0 Å². The summed E-state index contributed by atoms with van der Waals surface area (Å²) in [5, 5.41) is 2.60. The highest BCUT2D eigenvalue weighted by Crippen LogP contribution is 2.14. The zero-order valence-electron chi connectivity index (χ0n) is 9.00. The van der Waals surface area contributed by atoms with E-state index in [1.165, 1.54) is 0 Å². The lowest BCUT2D eigenvalue weighted by atomic mass is 10.2. The van der Waals surface area contributed by atoms with Gasteiger partial charge in [-0.2, -0.15) is 0 Å². The molecule has 1 N–H and O–H groups in total. The zero-order chi connectivity index (χ0) is 11.1. The Balaban J connectivity index is 2.07. The normalized spacial score (nSPS) is 22.7. The molecule has 1 aliphatic rings. The molecule has 0 aromatic heterocycles. The molecule has 15 heavy (non-hydrogen) atoms. The molecule has 0 radical (unpaired) electrons. The van der Waals surface area contributed by atoms with Gasteiger partial charge in [0.15, 0.2) is 0 Å². The molecular formula is C10H18ClNO3. The molecule has 1 rings (SSSR count). The summed E-state index contributed by atoms with van der Waals surface area (Å²) < 4.78 is 10.2. The number of amides is 1. The predicted octanol–water partition coefficient (Wildman–Crippen LogP) is 0.925. The summed E-state index contributed by atoms with van der Waals surface area (Å²) in [7, 11) is 1.59. The molecule has 1 saturated heterocycles. The molecule has 1 amide bonds. The first-order chi connectivity index (χ1) is 7.22. The van der Waals surface area contributed by atoms with Crippen LogP contribution in [0.3, 0.4) is 0 Å². The highest BCUT2D eigenvalue weighted by molar-refractivity contribution is 6.21. The van der Waals surface area contributed by atoms with E-state index in [1.54, 1.807) is 7.11 Å². The largest absolute Gasteiger partial charge is 0.383 e. The van der Waals surface area contributed by atoms with Gasteiger partial charge in [-0.3, -0.25) is 4.79 Å². The summed E-state index contributed by atoms with van der Waals surface area (Å²) in [6, 6.07) is 0. The van der Waals surface area contributed by atoms with E-state index < -0.39 is 0 Å². The van der Waals surface area contributed by atoms with Gasteiger partial charge in [0.05, 0.1) is 24.5 Å². The number of alkyl halides is 1. The van der Waals surface area contributed by atoms with Crippen molar-refractivity contribution in [2.75, 3.05) is 26.9 Å². The van der Waals surface area contributed by atoms with Gasteiger partial charge >= 0.3 is 0 Å². The van der Waals surface area contributed by atoms with E-state index >= 15 is 0 Å². The number of rotatable bonds is 6. The molecule has 1 fully saturated rings. The molecule has 1 heterocycles. The third kappa shape index (κ3) is 5.35. The van der Waals surface area contributed by atoms with Gasteiger partial charge in [0, 0.05) is 20.3 Å². The zero-order valence-corrected chi connectivity index (χ0v) is 9.76. The van der Waals surface area contributed by atoms with Crippen LogP contribution in [0.2, 0.25) is 0 Å². The minimum Gasteiger partial charge on any atom is -0.383 e. The first-order valence-corrected chi connectivity index (χ1v) is 5.67. The van der Waals surface area contributed by atoms with Crippen molar-refractivity contribution in [3.05, 3.63) is 0 Å². The Labute approximate surface area is 95.3 Å². The van der Waals surface area contributed by atoms with Crippen LogP contribution in [0.1, 0.15) is 19.3 Å². The SMILES string of the molecule is COCC(Cl)CNC(=O)CC1CCCO1. The summed E-state index contributed by atoms with van der Waals surface area (Å²) in [5.74, 6) is 0.00338. The smallest absolute Gasteiger partial charge is 0.222 e. The maximum absolute atomic E-state index is 11.4. The molecule has 1 aliphatic heterocycles. The predicted molar refractivity (Wildman–Crippen MR) is 58.1 cm³/mol. The van der Waals surface area contributed by atoms with Crippen molar-refractivity contribution >= 4 is 17.5 Å². The minimum absolute atomic E-state index is 0.00338. The van der Waals surface area contributed by atoms with Gasteiger partial charge in [0.25, 0.3) is 0 Å². The molecule has 0 aromatic rings. The van der Waals surface area contributed by atoms with E-state index in [0.717, 1.165) is 19.4 Å². The van der Waals surface area contributed by atoms with Crippen LogP contribution in [0.25, 0.3) is 0 Å². The van der Waals surface area contributed by atoms with Crippen molar-refractivity contribution in [2.24, 2.45) is 0 Å². The van der Waals surface area contributed by atoms with Crippen molar-refractivity contribution in [1.29, 1.82) is 0 Å². The first-order valence-electron chi connectivity index (χ1n) is 5.23. The number of carbonyl (C=O) groups is 1. The monoisotopic (exact) mass is 235 g/mol. The fourth-order valence-corrected chi connectivity index (χ4v) is 1.75. The molecule has 0 saturated carbocycles. The van der Waals surface area contributed by atoms with Crippen LogP contribution in [0.15, 0.2) is 0 Å². The highest BCUT2D eigenvalue weighted by Gasteiger charge is 2.19. The van der Waals surface area contributed by atoms with Gasteiger partial charge in [0.2, 0.25) is 5.91 Å². The van der Waals surface area contributed by atoms with Gasteiger partial charge in [0.1, 0.15) is 0 Å². The van der Waals surface area contributed by atoms with Crippen molar-refractivity contribution < 1.29 is 14.3 Å². The Bertz CT molecular complexity index is 195. The Morgan fingerprint density at radius 2 is 2.53 bits per heavy atom. The van der Waals surface area contributed by atoms with Crippen LogP contribution in [-0.4, -0.2) is 44.3 Å². The summed E-state index contributed by atoms with van der Waals surface area (Å²) in [6.07, 6.45) is 2.58. The number of nitrogens with one attached hydrogen (secondary N) is 1. The van der Waals surface area contributed by atoms with E-state index in [2.05, 4.69) is 5.32 Å². The van der Waals surface area contributed by atoms with Gasteiger partial charge in [-0.15, -0.1) is 11.6 Å². The van der Waals surface area contributed by atoms with Crippen LogP contribution in [0.4, 0.5) is 0 Å². The van der Waals surface area contributed by atoms with Gasteiger partial charge in [-0.1, -0.05) is 0 Å². The van der Waals surface area contributed by atoms with Crippen LogP contribution in [0.5, 0.6) is 0 Å². The van der Waals surface area contributed by atoms with E-state index in [4.69, 9.17) is 21.1 Å². The Morgan fingerprint density at radius 1 is 1.73 bits per heavy atom. The summed E-state index contributed by atoms with van der Waals surface area (Å²) in [6.45, 7) is 1.67. The van der Waals surface area contributed by atoms with E-state index in [9.17, 15) is 4.79 Å². The van der Waals surface area contributed by atoms with E-state index in [1.807, 2.05) is 0 Å². The number of methoxy groups -OCH3 is 1. The second-order valence-corrected chi connectivity index (χ2v) is 4.31. The average Bonchev–Trinajstić information content (AvgIpc) is 2.68. The average molecular weight is 236 g/mol. The van der Waals surface area contributed by atoms with Crippen molar-refractivity contribution in [3.8, 4) is 0 Å². The maximum atomic E-state index is 11.4. The molecule has 0 aromatic carbocycles. The third-order valence-electron chi connectivity index (χ3n) is 2.31. The maximum Gasteiger partial charge on any atom is 0.222 e. The molecular weight excluding hydrogens is 218 g/mol. The van der Waals surface area contributed by atoms with Crippen LogP contribution in [-0.2, 0) is 14.3 Å². The number of carbonyl (C=O) groups excluding carboxylic acids is 1. The lowest BCUT2D eigenvalue weighted by Gasteiger charge is -2.12. The first kappa shape index (κ1) is 12.7. The van der Waals surface area contributed by atoms with Gasteiger partial charge < -0.3 is 14.8 Å². The molecule has 2 unspecified atom stereocenters. The number of halogens is 1. The molecule has 5 heteroatoms.